The van der Waals surface area contributed by atoms with Crippen LogP contribution in [0.4, 0.5) is 0 Å². The molecule has 0 spiro atoms. The van der Waals surface area contributed by atoms with Gasteiger partial charge in [0.1, 0.15) is 6.10 Å². The van der Waals surface area contributed by atoms with Gasteiger partial charge >= 0.3 is 0 Å². The Labute approximate surface area is 104 Å². The van der Waals surface area contributed by atoms with Crippen LogP contribution in [0, 0.1) is 0 Å². The van der Waals surface area contributed by atoms with Crippen LogP contribution in [-0.2, 0) is 11.2 Å². The zero-order valence-electron chi connectivity index (χ0n) is 10.3. The maximum Gasteiger partial charge on any atom is 0.110 e. The molecule has 2 rings (SSSR count). The minimum absolute atomic E-state index is 0.372. The van der Waals surface area contributed by atoms with Gasteiger partial charge in [0.05, 0.1) is 6.26 Å². The Bertz CT molecular complexity index is 334. The predicted octanol–water partition coefficient (Wildman–Crippen LogP) is 2.90. The summed E-state index contributed by atoms with van der Waals surface area (Å²) in [5, 5.41) is 3.47. The fraction of sp³-hybridized carbons (Fsp3) is 0.467. The molecular formula is C15H21NO. The van der Waals surface area contributed by atoms with E-state index in [1.54, 1.807) is 0 Å². The van der Waals surface area contributed by atoms with Crippen LogP contribution in [0.25, 0.3) is 0 Å². The molecule has 0 fully saturated rings. The van der Waals surface area contributed by atoms with Crippen LogP contribution in [-0.4, -0.2) is 19.2 Å². The van der Waals surface area contributed by atoms with Gasteiger partial charge in [0, 0.05) is 6.54 Å². The molecule has 1 unspecified atom stereocenters. The highest BCUT2D eigenvalue weighted by Gasteiger charge is 2.09. The summed E-state index contributed by atoms with van der Waals surface area (Å²) < 4.78 is 5.50. The van der Waals surface area contributed by atoms with Gasteiger partial charge in [-0.15, -0.1) is 0 Å². The van der Waals surface area contributed by atoms with E-state index >= 15 is 0 Å². The van der Waals surface area contributed by atoms with Gasteiger partial charge in [-0.25, -0.2) is 0 Å². The minimum atomic E-state index is 0.372. The molecular weight excluding hydrogens is 210 g/mol. The van der Waals surface area contributed by atoms with Crippen molar-refractivity contribution in [1.82, 2.24) is 5.32 Å². The first-order valence-electron chi connectivity index (χ1n) is 6.50. The zero-order chi connectivity index (χ0) is 11.8. The first-order chi connectivity index (χ1) is 8.45. The van der Waals surface area contributed by atoms with E-state index in [2.05, 4.69) is 41.7 Å². The van der Waals surface area contributed by atoms with Gasteiger partial charge in [-0.1, -0.05) is 30.3 Å². The number of benzene rings is 1. The number of aryl methyl sites for hydroxylation is 1. The molecule has 0 saturated carbocycles. The molecule has 1 aliphatic heterocycles. The maximum absolute atomic E-state index is 5.50. The Morgan fingerprint density at radius 3 is 2.88 bits per heavy atom. The smallest absolute Gasteiger partial charge is 0.110 e. The SMILES string of the molecule is C1=COC(CNCCCc2ccccc2)CC1. The van der Waals surface area contributed by atoms with Crippen LogP contribution in [0.5, 0.6) is 0 Å². The molecule has 0 aliphatic carbocycles. The Hall–Kier alpha value is -1.28. The fourth-order valence-corrected chi connectivity index (χ4v) is 2.06. The number of allylic oxidation sites excluding steroid dienone is 1. The van der Waals surface area contributed by atoms with Crippen molar-refractivity contribution in [2.75, 3.05) is 13.1 Å². The van der Waals surface area contributed by atoms with E-state index in [1.165, 1.54) is 12.0 Å². The summed E-state index contributed by atoms with van der Waals surface area (Å²) in [5.41, 5.74) is 1.42. The van der Waals surface area contributed by atoms with Crippen molar-refractivity contribution < 1.29 is 4.74 Å². The van der Waals surface area contributed by atoms with Crippen LogP contribution in [0.15, 0.2) is 42.7 Å². The van der Waals surface area contributed by atoms with Gasteiger partial charge < -0.3 is 10.1 Å². The predicted molar refractivity (Wildman–Crippen MR) is 70.9 cm³/mol. The van der Waals surface area contributed by atoms with E-state index < -0.39 is 0 Å². The standard InChI is InChI=1S/C15H21NO/c1-2-7-14(8-3-1)9-6-11-16-13-15-10-4-5-12-17-15/h1-3,5,7-8,12,15-16H,4,6,9-11,13H2. The average molecular weight is 231 g/mol. The fourth-order valence-electron chi connectivity index (χ4n) is 2.06. The van der Waals surface area contributed by atoms with E-state index in [0.717, 1.165) is 32.4 Å². The molecule has 0 amide bonds. The van der Waals surface area contributed by atoms with Crippen LogP contribution in [0.1, 0.15) is 24.8 Å². The van der Waals surface area contributed by atoms with Gasteiger partial charge in [-0.05, 0) is 43.9 Å². The molecule has 0 bridgehead atoms. The summed E-state index contributed by atoms with van der Waals surface area (Å²) in [6, 6.07) is 10.6. The molecule has 1 aliphatic rings. The van der Waals surface area contributed by atoms with Crippen molar-refractivity contribution in [3.63, 3.8) is 0 Å². The monoisotopic (exact) mass is 231 g/mol. The largest absolute Gasteiger partial charge is 0.497 e. The van der Waals surface area contributed by atoms with E-state index in [0.29, 0.717) is 6.10 Å². The summed E-state index contributed by atoms with van der Waals surface area (Å²) in [4.78, 5) is 0. The average Bonchev–Trinajstić information content (AvgIpc) is 2.41. The number of hydrogen-bond acceptors (Lipinski definition) is 2. The Kier molecular flexibility index (Phi) is 5.11. The number of ether oxygens (including phenoxy) is 1. The lowest BCUT2D eigenvalue weighted by Crippen LogP contribution is -2.29. The third kappa shape index (κ3) is 4.61. The van der Waals surface area contributed by atoms with Gasteiger partial charge in [-0.2, -0.15) is 0 Å². The molecule has 92 valence electrons. The van der Waals surface area contributed by atoms with E-state index in [4.69, 9.17) is 4.74 Å². The molecule has 1 aromatic carbocycles. The van der Waals surface area contributed by atoms with Gasteiger partial charge in [0.2, 0.25) is 0 Å². The molecule has 1 N–H and O–H groups in total. The molecule has 2 nitrogen and oxygen atoms in total. The zero-order valence-corrected chi connectivity index (χ0v) is 10.3. The normalized spacial score (nSPS) is 18.9. The van der Waals surface area contributed by atoms with E-state index in [1.807, 2.05) is 6.26 Å². The van der Waals surface area contributed by atoms with E-state index in [-0.39, 0.29) is 0 Å². The highest BCUT2D eigenvalue weighted by molar-refractivity contribution is 5.14. The number of rotatable bonds is 6. The molecule has 0 aromatic heterocycles. The van der Waals surface area contributed by atoms with E-state index in [9.17, 15) is 0 Å². The maximum atomic E-state index is 5.50. The highest BCUT2D eigenvalue weighted by Crippen LogP contribution is 2.09. The van der Waals surface area contributed by atoms with Crippen molar-refractivity contribution in [2.24, 2.45) is 0 Å². The van der Waals surface area contributed by atoms with Crippen LogP contribution >= 0.6 is 0 Å². The van der Waals surface area contributed by atoms with Crippen LogP contribution < -0.4 is 5.32 Å². The summed E-state index contributed by atoms with van der Waals surface area (Å²) in [6.45, 7) is 2.04. The third-order valence-electron chi connectivity index (χ3n) is 3.06. The van der Waals surface area contributed by atoms with Crippen molar-refractivity contribution in [2.45, 2.75) is 31.8 Å². The van der Waals surface area contributed by atoms with Crippen molar-refractivity contribution >= 4 is 0 Å². The lowest BCUT2D eigenvalue weighted by Gasteiger charge is -2.19. The number of hydrogen-bond donors (Lipinski definition) is 1. The topological polar surface area (TPSA) is 21.3 Å². The molecule has 1 heterocycles. The second-order valence-electron chi connectivity index (χ2n) is 4.50. The first kappa shape index (κ1) is 12.2. The van der Waals surface area contributed by atoms with Crippen LogP contribution in [0.3, 0.4) is 0 Å². The first-order valence-corrected chi connectivity index (χ1v) is 6.50. The minimum Gasteiger partial charge on any atom is -0.497 e. The third-order valence-corrected chi connectivity index (χ3v) is 3.06. The summed E-state index contributed by atoms with van der Waals surface area (Å²) in [5.74, 6) is 0. The van der Waals surface area contributed by atoms with Gasteiger partial charge in [0.15, 0.2) is 0 Å². The molecule has 1 atom stereocenters. The summed E-state index contributed by atoms with van der Waals surface area (Å²) >= 11 is 0. The summed E-state index contributed by atoms with van der Waals surface area (Å²) in [6.07, 6.45) is 8.92. The van der Waals surface area contributed by atoms with Crippen LogP contribution in [0.2, 0.25) is 0 Å². The second kappa shape index (κ2) is 7.13. The molecule has 0 radical (unpaired) electrons. The lowest BCUT2D eigenvalue weighted by molar-refractivity contribution is 0.122. The van der Waals surface area contributed by atoms with Crippen molar-refractivity contribution in [3.05, 3.63) is 48.2 Å². The molecule has 2 heteroatoms. The Morgan fingerprint density at radius 2 is 2.12 bits per heavy atom. The molecule has 1 aromatic rings. The quantitative estimate of drug-likeness (QED) is 0.760. The second-order valence-corrected chi connectivity index (χ2v) is 4.50. The highest BCUT2D eigenvalue weighted by atomic mass is 16.5. The molecule has 0 saturated heterocycles. The number of nitrogens with one attached hydrogen (secondary N) is 1. The lowest BCUT2D eigenvalue weighted by atomic mass is 10.1. The van der Waals surface area contributed by atoms with Gasteiger partial charge in [0.25, 0.3) is 0 Å². The Balaban J connectivity index is 1.53. The van der Waals surface area contributed by atoms with Crippen molar-refractivity contribution in [3.8, 4) is 0 Å². The Morgan fingerprint density at radius 1 is 1.24 bits per heavy atom. The van der Waals surface area contributed by atoms with Gasteiger partial charge in [-0.3, -0.25) is 0 Å². The summed E-state index contributed by atoms with van der Waals surface area (Å²) in [7, 11) is 0. The molecule has 17 heavy (non-hydrogen) atoms. The van der Waals surface area contributed by atoms with Crippen molar-refractivity contribution in [1.29, 1.82) is 0 Å².